The molecule has 0 bridgehead atoms. The molecule has 0 saturated heterocycles. The quantitative estimate of drug-likeness (QED) is 0.775. The van der Waals surface area contributed by atoms with Crippen molar-refractivity contribution >= 4 is 0 Å². The van der Waals surface area contributed by atoms with E-state index in [4.69, 9.17) is 4.74 Å². The summed E-state index contributed by atoms with van der Waals surface area (Å²) in [5.74, 6) is 0.300. The predicted molar refractivity (Wildman–Crippen MR) is 53.5 cm³/mol. The molecule has 1 aromatic heterocycles. The average Bonchev–Trinajstić information content (AvgIpc) is 2.45. The van der Waals surface area contributed by atoms with E-state index in [2.05, 4.69) is 35.7 Å². The molecule has 0 aliphatic carbocycles. The molecule has 0 aliphatic rings. The van der Waals surface area contributed by atoms with Crippen molar-refractivity contribution < 1.29 is 13.8 Å². The number of rotatable bonds is 4. The van der Waals surface area contributed by atoms with Gasteiger partial charge in [0.05, 0.1) is 0 Å². The molecule has 0 aliphatic heterocycles. The lowest BCUT2D eigenvalue weighted by Gasteiger charge is -2.15. The van der Waals surface area contributed by atoms with Crippen LogP contribution in [0.1, 0.15) is 33.4 Å². The first-order valence-electron chi connectivity index (χ1n) is 4.97. The molecule has 0 saturated carbocycles. The van der Waals surface area contributed by atoms with Crippen molar-refractivity contribution in [1.82, 2.24) is 10.3 Å². The Kier molecular flexibility index (Phi) is 3.66. The summed E-state index contributed by atoms with van der Waals surface area (Å²) in [5, 5.41) is 7.34. The maximum atomic E-state index is 12.6. The lowest BCUT2D eigenvalue weighted by molar-refractivity contribution is 0.191. The Morgan fingerprint density at radius 1 is 1.40 bits per heavy atom. The SMILES string of the molecule is CC(F)COc1nonc1CC(C)(C)C. The van der Waals surface area contributed by atoms with E-state index in [-0.39, 0.29) is 12.0 Å². The van der Waals surface area contributed by atoms with Crippen LogP contribution in [-0.2, 0) is 6.42 Å². The van der Waals surface area contributed by atoms with E-state index < -0.39 is 6.17 Å². The van der Waals surface area contributed by atoms with Crippen molar-refractivity contribution in [2.24, 2.45) is 5.41 Å². The molecule has 5 heteroatoms. The van der Waals surface area contributed by atoms with Crippen LogP contribution in [0.5, 0.6) is 5.88 Å². The first-order chi connectivity index (χ1) is 6.88. The van der Waals surface area contributed by atoms with Crippen molar-refractivity contribution in [3.8, 4) is 5.88 Å². The highest BCUT2D eigenvalue weighted by Gasteiger charge is 2.20. The number of aromatic nitrogens is 2. The Morgan fingerprint density at radius 3 is 2.60 bits per heavy atom. The monoisotopic (exact) mass is 216 g/mol. The van der Waals surface area contributed by atoms with E-state index in [9.17, 15) is 4.39 Å². The Hall–Kier alpha value is -1.13. The highest BCUT2D eigenvalue weighted by molar-refractivity contribution is 5.15. The third-order valence-electron chi connectivity index (χ3n) is 1.67. The van der Waals surface area contributed by atoms with Gasteiger partial charge in [0.2, 0.25) is 0 Å². The van der Waals surface area contributed by atoms with Gasteiger partial charge in [-0.05, 0) is 17.5 Å². The summed E-state index contributed by atoms with van der Waals surface area (Å²) in [6.07, 6.45) is -0.337. The zero-order valence-corrected chi connectivity index (χ0v) is 9.58. The van der Waals surface area contributed by atoms with Crippen molar-refractivity contribution in [3.05, 3.63) is 5.69 Å². The molecule has 1 unspecified atom stereocenters. The lowest BCUT2D eigenvalue weighted by atomic mass is 9.91. The number of hydrogen-bond donors (Lipinski definition) is 0. The number of hydrogen-bond acceptors (Lipinski definition) is 4. The van der Waals surface area contributed by atoms with E-state index >= 15 is 0 Å². The van der Waals surface area contributed by atoms with Crippen molar-refractivity contribution in [3.63, 3.8) is 0 Å². The Morgan fingerprint density at radius 2 is 2.07 bits per heavy atom. The van der Waals surface area contributed by atoms with Crippen LogP contribution in [0.3, 0.4) is 0 Å². The van der Waals surface area contributed by atoms with Gasteiger partial charge in [0.25, 0.3) is 5.88 Å². The van der Waals surface area contributed by atoms with E-state index in [1.807, 2.05) is 0 Å². The Labute approximate surface area is 88.8 Å². The maximum Gasteiger partial charge on any atom is 0.279 e. The van der Waals surface area contributed by atoms with E-state index in [0.717, 1.165) is 0 Å². The average molecular weight is 216 g/mol. The van der Waals surface area contributed by atoms with Crippen LogP contribution in [0.25, 0.3) is 0 Å². The van der Waals surface area contributed by atoms with E-state index in [1.165, 1.54) is 6.92 Å². The normalized spacial score (nSPS) is 13.9. The minimum atomic E-state index is -1.02. The zero-order valence-electron chi connectivity index (χ0n) is 9.58. The maximum absolute atomic E-state index is 12.6. The van der Waals surface area contributed by atoms with Gasteiger partial charge < -0.3 is 4.74 Å². The standard InChI is InChI=1S/C10H17FN2O2/c1-7(11)6-14-9-8(12-15-13-9)5-10(2,3)4/h7H,5-6H2,1-4H3. The van der Waals surface area contributed by atoms with E-state index in [0.29, 0.717) is 18.0 Å². The number of nitrogens with zero attached hydrogens (tertiary/aromatic N) is 2. The van der Waals surface area contributed by atoms with Crippen molar-refractivity contribution in [2.45, 2.75) is 40.3 Å². The van der Waals surface area contributed by atoms with E-state index in [1.54, 1.807) is 0 Å². The summed E-state index contributed by atoms with van der Waals surface area (Å²) in [7, 11) is 0. The summed E-state index contributed by atoms with van der Waals surface area (Å²) in [5.41, 5.74) is 0.709. The molecule has 4 nitrogen and oxygen atoms in total. The Bertz CT molecular complexity index is 305. The molecule has 0 spiro atoms. The number of halogens is 1. The second-order valence-corrected chi connectivity index (χ2v) is 4.85. The first-order valence-corrected chi connectivity index (χ1v) is 4.97. The van der Waals surface area contributed by atoms with Gasteiger partial charge >= 0.3 is 0 Å². The molecule has 86 valence electrons. The second kappa shape index (κ2) is 4.59. The van der Waals surface area contributed by atoms with Crippen LogP contribution >= 0.6 is 0 Å². The molecule has 1 rings (SSSR count). The topological polar surface area (TPSA) is 48.2 Å². The molecule has 1 heterocycles. The molecule has 1 atom stereocenters. The van der Waals surface area contributed by atoms with Gasteiger partial charge in [-0.2, -0.15) is 0 Å². The molecule has 1 aromatic rings. The highest BCUT2D eigenvalue weighted by atomic mass is 19.1. The van der Waals surface area contributed by atoms with Crippen LogP contribution in [0, 0.1) is 5.41 Å². The molecule has 15 heavy (non-hydrogen) atoms. The largest absolute Gasteiger partial charge is 0.471 e. The van der Waals surface area contributed by atoms with Crippen LogP contribution in [0.15, 0.2) is 4.63 Å². The third kappa shape index (κ3) is 4.27. The molecule has 0 N–H and O–H groups in total. The van der Waals surface area contributed by atoms with Crippen LogP contribution in [-0.4, -0.2) is 23.1 Å². The molecular weight excluding hydrogens is 199 g/mol. The summed E-state index contributed by atoms with van der Waals surface area (Å²) in [4.78, 5) is 0. The first kappa shape index (κ1) is 11.9. The number of alkyl halides is 1. The fourth-order valence-electron chi connectivity index (χ4n) is 1.11. The Balaban J connectivity index is 2.61. The van der Waals surface area contributed by atoms with Gasteiger partial charge in [-0.3, -0.25) is 0 Å². The minimum absolute atomic E-state index is 0.0225. The summed E-state index contributed by atoms with van der Waals surface area (Å²) < 4.78 is 22.3. The summed E-state index contributed by atoms with van der Waals surface area (Å²) in [6.45, 7) is 7.62. The summed E-state index contributed by atoms with van der Waals surface area (Å²) >= 11 is 0. The predicted octanol–water partition coefficient (Wildman–Crippen LogP) is 2.40. The summed E-state index contributed by atoms with van der Waals surface area (Å²) in [6, 6.07) is 0. The highest BCUT2D eigenvalue weighted by Crippen LogP contribution is 2.24. The lowest BCUT2D eigenvalue weighted by Crippen LogP contribution is -2.13. The molecule has 0 aromatic carbocycles. The van der Waals surface area contributed by atoms with Crippen molar-refractivity contribution in [2.75, 3.05) is 6.61 Å². The van der Waals surface area contributed by atoms with Gasteiger partial charge in [0.1, 0.15) is 18.5 Å². The second-order valence-electron chi connectivity index (χ2n) is 4.85. The van der Waals surface area contributed by atoms with Crippen LogP contribution in [0.4, 0.5) is 4.39 Å². The zero-order chi connectivity index (χ0) is 11.5. The van der Waals surface area contributed by atoms with Crippen molar-refractivity contribution in [1.29, 1.82) is 0 Å². The molecule has 0 radical (unpaired) electrons. The van der Waals surface area contributed by atoms with Crippen LogP contribution < -0.4 is 4.74 Å². The number of ether oxygens (including phenoxy) is 1. The van der Waals surface area contributed by atoms with Gasteiger partial charge in [-0.25, -0.2) is 9.02 Å². The smallest absolute Gasteiger partial charge is 0.279 e. The van der Waals surface area contributed by atoms with Gasteiger partial charge in [-0.1, -0.05) is 25.9 Å². The van der Waals surface area contributed by atoms with Gasteiger partial charge in [-0.15, -0.1) is 0 Å². The minimum Gasteiger partial charge on any atom is -0.471 e. The molecular formula is C10H17FN2O2. The fourth-order valence-corrected chi connectivity index (χ4v) is 1.11. The molecule has 0 amide bonds. The van der Waals surface area contributed by atoms with Gasteiger partial charge in [0.15, 0.2) is 0 Å². The molecule has 0 fully saturated rings. The van der Waals surface area contributed by atoms with Crippen LogP contribution in [0.2, 0.25) is 0 Å². The fraction of sp³-hybridized carbons (Fsp3) is 0.800. The third-order valence-corrected chi connectivity index (χ3v) is 1.67. The van der Waals surface area contributed by atoms with Gasteiger partial charge in [0, 0.05) is 6.42 Å².